The summed E-state index contributed by atoms with van der Waals surface area (Å²) in [6.45, 7) is 0.474. The fourth-order valence-electron chi connectivity index (χ4n) is 2.16. The lowest BCUT2D eigenvalue weighted by Crippen LogP contribution is -2.40. The van der Waals surface area contributed by atoms with Crippen LogP contribution in [0.4, 0.5) is 0 Å². The molecule has 0 saturated carbocycles. The number of methoxy groups -OCH3 is 1. The summed E-state index contributed by atoms with van der Waals surface area (Å²) in [5.74, 6) is 0.682. The largest absolute Gasteiger partial charge is 0.497 e. The smallest absolute Gasteiger partial charge is 0.237 e. The van der Waals surface area contributed by atoms with Crippen LogP contribution in [0.3, 0.4) is 0 Å². The highest BCUT2D eigenvalue weighted by Gasteiger charge is 2.12. The minimum Gasteiger partial charge on any atom is -0.497 e. The Morgan fingerprint density at radius 3 is 2.41 bits per heavy atom. The van der Waals surface area contributed by atoms with Gasteiger partial charge in [0.05, 0.1) is 13.2 Å². The average molecular weight is 298 g/mol. The van der Waals surface area contributed by atoms with Crippen LogP contribution in [0.15, 0.2) is 54.6 Å². The molecule has 0 aliphatic carbocycles. The van der Waals surface area contributed by atoms with Crippen molar-refractivity contribution in [2.24, 2.45) is 5.73 Å². The highest BCUT2D eigenvalue weighted by molar-refractivity contribution is 5.81. The summed E-state index contributed by atoms with van der Waals surface area (Å²) >= 11 is 0. The van der Waals surface area contributed by atoms with E-state index in [4.69, 9.17) is 10.5 Å². The second-order valence-corrected chi connectivity index (χ2v) is 5.20. The lowest BCUT2D eigenvalue weighted by atomic mass is 10.1. The Kier molecular flexibility index (Phi) is 5.98. The number of rotatable bonds is 7. The zero-order valence-electron chi connectivity index (χ0n) is 12.8. The van der Waals surface area contributed by atoms with Crippen molar-refractivity contribution in [1.82, 2.24) is 5.32 Å². The van der Waals surface area contributed by atoms with Gasteiger partial charge in [-0.1, -0.05) is 42.5 Å². The third kappa shape index (κ3) is 4.90. The molecular weight excluding hydrogens is 276 g/mol. The van der Waals surface area contributed by atoms with Crippen LogP contribution in [0.5, 0.6) is 5.75 Å². The molecule has 116 valence electrons. The van der Waals surface area contributed by atoms with E-state index in [1.807, 2.05) is 54.6 Å². The molecule has 0 saturated heterocycles. The van der Waals surface area contributed by atoms with Crippen molar-refractivity contribution < 1.29 is 9.53 Å². The number of aryl methyl sites for hydroxylation is 1. The van der Waals surface area contributed by atoms with E-state index in [0.717, 1.165) is 17.7 Å². The molecule has 0 bridgehead atoms. The maximum absolute atomic E-state index is 12.0. The Morgan fingerprint density at radius 1 is 1.09 bits per heavy atom. The average Bonchev–Trinajstić information content (AvgIpc) is 2.58. The monoisotopic (exact) mass is 298 g/mol. The molecule has 4 nitrogen and oxygen atoms in total. The number of carbonyl (C=O) groups excluding carboxylic acids is 1. The van der Waals surface area contributed by atoms with Crippen molar-refractivity contribution in [3.63, 3.8) is 0 Å². The molecule has 0 fully saturated rings. The Balaban J connectivity index is 1.76. The maximum atomic E-state index is 12.0. The van der Waals surface area contributed by atoms with E-state index >= 15 is 0 Å². The first kappa shape index (κ1) is 16.0. The van der Waals surface area contributed by atoms with Gasteiger partial charge < -0.3 is 15.8 Å². The quantitative estimate of drug-likeness (QED) is 0.824. The molecule has 0 aliphatic heterocycles. The van der Waals surface area contributed by atoms with E-state index in [1.165, 1.54) is 5.56 Å². The van der Waals surface area contributed by atoms with Crippen LogP contribution in [-0.2, 0) is 17.8 Å². The lowest BCUT2D eigenvalue weighted by Gasteiger charge is -2.12. The number of carbonyl (C=O) groups is 1. The molecule has 4 heteroatoms. The van der Waals surface area contributed by atoms with Crippen LogP contribution < -0.4 is 15.8 Å². The minimum atomic E-state index is -0.488. The van der Waals surface area contributed by atoms with Gasteiger partial charge in [0.1, 0.15) is 5.75 Å². The maximum Gasteiger partial charge on any atom is 0.237 e. The summed E-state index contributed by atoms with van der Waals surface area (Å²) in [6, 6.07) is 17.2. The fourth-order valence-corrected chi connectivity index (χ4v) is 2.16. The standard InChI is InChI=1S/C18H22N2O2/c1-22-16-10-7-15(8-11-16)13-20-18(21)17(19)12-9-14-5-3-2-4-6-14/h2-8,10-11,17H,9,12-13,19H2,1H3,(H,20,21)/t17-/m0/s1. The summed E-state index contributed by atoms with van der Waals surface area (Å²) in [5.41, 5.74) is 8.16. The Bertz CT molecular complexity index is 582. The fraction of sp³-hybridized carbons (Fsp3) is 0.278. The number of hydrogen-bond acceptors (Lipinski definition) is 3. The second-order valence-electron chi connectivity index (χ2n) is 5.20. The highest BCUT2D eigenvalue weighted by Crippen LogP contribution is 2.11. The van der Waals surface area contributed by atoms with Crippen LogP contribution >= 0.6 is 0 Å². The predicted octanol–water partition coefficient (Wildman–Crippen LogP) is 2.27. The molecule has 3 N–H and O–H groups in total. The Morgan fingerprint density at radius 2 is 1.77 bits per heavy atom. The molecule has 0 aliphatic rings. The summed E-state index contributed by atoms with van der Waals surface area (Å²) in [4.78, 5) is 12.0. The zero-order valence-corrected chi connectivity index (χ0v) is 12.8. The van der Waals surface area contributed by atoms with Crippen molar-refractivity contribution in [3.05, 3.63) is 65.7 Å². The molecule has 0 spiro atoms. The second kappa shape index (κ2) is 8.20. The van der Waals surface area contributed by atoms with Crippen LogP contribution in [0.2, 0.25) is 0 Å². The number of nitrogens with two attached hydrogens (primary N) is 1. The third-order valence-corrected chi connectivity index (χ3v) is 3.55. The van der Waals surface area contributed by atoms with Gasteiger partial charge >= 0.3 is 0 Å². The normalized spacial score (nSPS) is 11.7. The first-order valence-electron chi connectivity index (χ1n) is 7.39. The predicted molar refractivity (Wildman–Crippen MR) is 87.6 cm³/mol. The lowest BCUT2D eigenvalue weighted by molar-refractivity contribution is -0.122. The Labute approximate surface area is 131 Å². The molecule has 0 aromatic heterocycles. The molecule has 1 atom stereocenters. The van der Waals surface area contributed by atoms with Gasteiger partial charge in [-0.05, 0) is 36.1 Å². The minimum absolute atomic E-state index is 0.119. The molecular formula is C18H22N2O2. The SMILES string of the molecule is COc1ccc(CNC(=O)[C@@H](N)CCc2ccccc2)cc1. The van der Waals surface area contributed by atoms with Crippen molar-refractivity contribution in [2.45, 2.75) is 25.4 Å². The van der Waals surface area contributed by atoms with Gasteiger partial charge in [-0.2, -0.15) is 0 Å². The molecule has 1 amide bonds. The van der Waals surface area contributed by atoms with E-state index in [2.05, 4.69) is 5.32 Å². The Hall–Kier alpha value is -2.33. The summed E-state index contributed by atoms with van der Waals surface area (Å²) in [7, 11) is 1.63. The van der Waals surface area contributed by atoms with E-state index in [1.54, 1.807) is 7.11 Å². The van der Waals surface area contributed by atoms with Crippen molar-refractivity contribution in [1.29, 1.82) is 0 Å². The molecule has 2 aromatic carbocycles. The number of amides is 1. The van der Waals surface area contributed by atoms with E-state index in [9.17, 15) is 4.79 Å². The van der Waals surface area contributed by atoms with E-state index in [0.29, 0.717) is 13.0 Å². The van der Waals surface area contributed by atoms with Crippen LogP contribution in [0.25, 0.3) is 0 Å². The molecule has 2 aromatic rings. The van der Waals surface area contributed by atoms with Gasteiger partial charge in [0, 0.05) is 6.54 Å². The van der Waals surface area contributed by atoms with Crippen LogP contribution in [-0.4, -0.2) is 19.1 Å². The molecule has 22 heavy (non-hydrogen) atoms. The van der Waals surface area contributed by atoms with Gasteiger partial charge in [-0.25, -0.2) is 0 Å². The van der Waals surface area contributed by atoms with Crippen molar-refractivity contribution >= 4 is 5.91 Å². The third-order valence-electron chi connectivity index (χ3n) is 3.55. The van der Waals surface area contributed by atoms with Gasteiger partial charge in [0.2, 0.25) is 5.91 Å². The number of ether oxygens (including phenoxy) is 1. The van der Waals surface area contributed by atoms with Gasteiger partial charge in [-0.15, -0.1) is 0 Å². The topological polar surface area (TPSA) is 64.3 Å². The van der Waals surface area contributed by atoms with Crippen molar-refractivity contribution in [3.8, 4) is 5.75 Å². The molecule has 0 heterocycles. The molecule has 0 unspecified atom stereocenters. The van der Waals surface area contributed by atoms with Gasteiger partial charge in [0.15, 0.2) is 0 Å². The van der Waals surface area contributed by atoms with Crippen molar-refractivity contribution in [2.75, 3.05) is 7.11 Å². The molecule has 0 radical (unpaired) electrons. The molecule has 2 rings (SSSR count). The first-order chi connectivity index (χ1) is 10.7. The summed E-state index contributed by atoms with van der Waals surface area (Å²) in [5, 5.41) is 2.87. The highest BCUT2D eigenvalue weighted by atomic mass is 16.5. The van der Waals surface area contributed by atoms with E-state index in [-0.39, 0.29) is 5.91 Å². The van der Waals surface area contributed by atoms with Gasteiger partial charge in [-0.3, -0.25) is 4.79 Å². The first-order valence-corrected chi connectivity index (χ1v) is 7.39. The summed E-state index contributed by atoms with van der Waals surface area (Å²) in [6.07, 6.45) is 1.44. The van der Waals surface area contributed by atoms with E-state index < -0.39 is 6.04 Å². The van der Waals surface area contributed by atoms with Crippen LogP contribution in [0, 0.1) is 0 Å². The summed E-state index contributed by atoms with van der Waals surface area (Å²) < 4.78 is 5.10. The van der Waals surface area contributed by atoms with Crippen LogP contribution in [0.1, 0.15) is 17.5 Å². The van der Waals surface area contributed by atoms with Gasteiger partial charge in [0.25, 0.3) is 0 Å². The number of nitrogens with one attached hydrogen (secondary N) is 1. The zero-order chi connectivity index (χ0) is 15.8. The number of hydrogen-bond donors (Lipinski definition) is 2. The number of benzene rings is 2.